The van der Waals surface area contributed by atoms with Crippen LogP contribution in [-0.2, 0) is 4.79 Å². The SMILES string of the molecule is O=C(COc1ccc(Br)cc1Cl)N/N=C/c1c[nH]c2ccccc12. The van der Waals surface area contributed by atoms with Crippen molar-refractivity contribution in [2.75, 3.05) is 6.61 Å². The monoisotopic (exact) mass is 405 g/mol. The normalized spacial score (nSPS) is 11.1. The molecule has 0 saturated heterocycles. The Labute approximate surface area is 151 Å². The van der Waals surface area contributed by atoms with Crippen molar-refractivity contribution in [1.29, 1.82) is 0 Å². The van der Waals surface area contributed by atoms with E-state index in [1.165, 1.54) is 0 Å². The first kappa shape index (κ1) is 16.5. The van der Waals surface area contributed by atoms with E-state index in [2.05, 4.69) is 31.4 Å². The van der Waals surface area contributed by atoms with Crippen LogP contribution in [0.1, 0.15) is 5.56 Å². The number of aromatic nitrogens is 1. The number of hydrogen-bond acceptors (Lipinski definition) is 3. The number of nitrogens with one attached hydrogen (secondary N) is 2. The first-order valence-corrected chi connectivity index (χ1v) is 8.26. The van der Waals surface area contributed by atoms with Gasteiger partial charge in [-0.2, -0.15) is 5.10 Å². The molecule has 1 amide bonds. The summed E-state index contributed by atoms with van der Waals surface area (Å²) in [4.78, 5) is 14.9. The molecule has 0 aliphatic rings. The maximum atomic E-state index is 11.8. The molecule has 3 aromatic rings. The molecule has 0 aliphatic heterocycles. The van der Waals surface area contributed by atoms with Gasteiger partial charge in [-0.1, -0.05) is 45.7 Å². The van der Waals surface area contributed by atoms with Gasteiger partial charge >= 0.3 is 0 Å². The van der Waals surface area contributed by atoms with E-state index in [9.17, 15) is 4.79 Å². The number of benzene rings is 2. The van der Waals surface area contributed by atoms with Crippen LogP contribution in [0.15, 0.2) is 58.2 Å². The summed E-state index contributed by atoms with van der Waals surface area (Å²) in [5.41, 5.74) is 4.33. The van der Waals surface area contributed by atoms with E-state index in [0.717, 1.165) is 20.9 Å². The van der Waals surface area contributed by atoms with Crippen LogP contribution in [0.2, 0.25) is 5.02 Å². The van der Waals surface area contributed by atoms with E-state index >= 15 is 0 Å². The molecule has 7 heteroatoms. The van der Waals surface area contributed by atoms with E-state index in [-0.39, 0.29) is 12.5 Å². The summed E-state index contributed by atoms with van der Waals surface area (Å²) in [6.45, 7) is -0.174. The largest absolute Gasteiger partial charge is 0.482 e. The topological polar surface area (TPSA) is 66.5 Å². The lowest BCUT2D eigenvalue weighted by Gasteiger charge is -2.07. The fourth-order valence-corrected chi connectivity index (χ4v) is 2.87. The van der Waals surface area contributed by atoms with Gasteiger partial charge in [-0.15, -0.1) is 0 Å². The van der Waals surface area contributed by atoms with Gasteiger partial charge in [-0.25, -0.2) is 5.43 Å². The molecule has 0 spiro atoms. The minimum absolute atomic E-state index is 0.174. The number of ether oxygens (including phenoxy) is 1. The van der Waals surface area contributed by atoms with Crippen LogP contribution in [0.4, 0.5) is 0 Å². The van der Waals surface area contributed by atoms with Crippen LogP contribution in [-0.4, -0.2) is 23.7 Å². The van der Waals surface area contributed by atoms with Crippen LogP contribution >= 0.6 is 27.5 Å². The van der Waals surface area contributed by atoms with Crippen molar-refractivity contribution in [3.8, 4) is 5.75 Å². The van der Waals surface area contributed by atoms with Gasteiger partial charge in [0.2, 0.25) is 0 Å². The molecule has 0 saturated carbocycles. The molecule has 0 radical (unpaired) electrons. The van der Waals surface area contributed by atoms with Crippen LogP contribution in [0.5, 0.6) is 5.75 Å². The average molecular weight is 407 g/mol. The highest BCUT2D eigenvalue weighted by Gasteiger charge is 2.06. The van der Waals surface area contributed by atoms with Crippen LogP contribution < -0.4 is 10.2 Å². The molecular formula is C17H13BrClN3O2. The second-order valence-corrected chi connectivity index (χ2v) is 6.27. The third kappa shape index (κ3) is 3.96. The summed E-state index contributed by atoms with van der Waals surface area (Å²) < 4.78 is 6.21. The number of halogens is 2. The summed E-state index contributed by atoms with van der Waals surface area (Å²) in [6, 6.07) is 13.0. The smallest absolute Gasteiger partial charge is 0.277 e. The molecule has 0 unspecified atom stereocenters. The predicted octanol–water partition coefficient (Wildman–Crippen LogP) is 4.11. The molecule has 0 aliphatic carbocycles. The molecule has 122 valence electrons. The molecule has 24 heavy (non-hydrogen) atoms. The Hall–Kier alpha value is -2.31. The molecule has 1 aromatic heterocycles. The van der Waals surface area contributed by atoms with Crippen LogP contribution in [0.25, 0.3) is 10.9 Å². The summed E-state index contributed by atoms with van der Waals surface area (Å²) >= 11 is 9.33. The zero-order valence-electron chi connectivity index (χ0n) is 12.4. The van der Waals surface area contributed by atoms with E-state index in [4.69, 9.17) is 16.3 Å². The number of aromatic amines is 1. The highest BCUT2D eigenvalue weighted by molar-refractivity contribution is 9.10. The first-order chi connectivity index (χ1) is 11.6. The van der Waals surface area contributed by atoms with E-state index in [0.29, 0.717) is 10.8 Å². The highest BCUT2D eigenvalue weighted by atomic mass is 79.9. The van der Waals surface area contributed by atoms with E-state index in [1.807, 2.05) is 30.5 Å². The molecule has 5 nitrogen and oxygen atoms in total. The minimum atomic E-state index is -0.370. The van der Waals surface area contributed by atoms with Crippen molar-refractivity contribution in [3.05, 3.63) is 63.7 Å². The molecule has 3 rings (SSSR count). The Morgan fingerprint density at radius 3 is 3.00 bits per heavy atom. The maximum Gasteiger partial charge on any atom is 0.277 e. The van der Waals surface area contributed by atoms with Gasteiger partial charge in [-0.05, 0) is 24.3 Å². The number of para-hydroxylation sites is 1. The highest BCUT2D eigenvalue weighted by Crippen LogP contribution is 2.27. The van der Waals surface area contributed by atoms with Crippen molar-refractivity contribution in [3.63, 3.8) is 0 Å². The van der Waals surface area contributed by atoms with Crippen molar-refractivity contribution >= 4 is 50.6 Å². The van der Waals surface area contributed by atoms with E-state index < -0.39 is 0 Å². The zero-order chi connectivity index (χ0) is 16.9. The quantitative estimate of drug-likeness (QED) is 0.494. The first-order valence-electron chi connectivity index (χ1n) is 7.09. The van der Waals surface area contributed by atoms with Crippen LogP contribution in [0, 0.1) is 0 Å². The zero-order valence-corrected chi connectivity index (χ0v) is 14.8. The second-order valence-electron chi connectivity index (χ2n) is 4.95. The molecule has 0 bridgehead atoms. The van der Waals surface area contributed by atoms with Crippen molar-refractivity contribution in [1.82, 2.24) is 10.4 Å². The number of hydrogen-bond donors (Lipinski definition) is 2. The van der Waals surface area contributed by atoms with Gasteiger partial charge in [0.15, 0.2) is 6.61 Å². The van der Waals surface area contributed by atoms with E-state index in [1.54, 1.807) is 24.4 Å². The number of fused-ring (bicyclic) bond motifs is 1. The van der Waals surface area contributed by atoms with Gasteiger partial charge in [0.1, 0.15) is 5.75 Å². The average Bonchev–Trinajstić information content (AvgIpc) is 2.97. The minimum Gasteiger partial charge on any atom is -0.482 e. The predicted molar refractivity (Wildman–Crippen MR) is 98.7 cm³/mol. The Balaban J connectivity index is 1.55. The van der Waals surface area contributed by atoms with Crippen molar-refractivity contribution in [2.45, 2.75) is 0 Å². The maximum absolute atomic E-state index is 11.8. The summed E-state index contributed by atoms with van der Waals surface area (Å²) in [5, 5.41) is 5.41. The Morgan fingerprint density at radius 1 is 1.33 bits per heavy atom. The number of H-pyrrole nitrogens is 1. The summed E-state index contributed by atoms with van der Waals surface area (Å²) in [7, 11) is 0. The standard InChI is InChI=1S/C17H13BrClN3O2/c18-12-5-6-16(14(19)7-12)24-10-17(23)22-21-9-11-8-20-15-4-2-1-3-13(11)15/h1-9,20H,10H2,(H,22,23)/b21-9+. The second kappa shape index (κ2) is 7.51. The van der Waals surface area contributed by atoms with Gasteiger partial charge in [0, 0.05) is 27.1 Å². The number of carbonyl (C=O) groups is 1. The lowest BCUT2D eigenvalue weighted by atomic mass is 10.2. The lowest BCUT2D eigenvalue weighted by molar-refractivity contribution is -0.123. The van der Waals surface area contributed by atoms with Crippen molar-refractivity contribution in [2.24, 2.45) is 5.10 Å². The summed E-state index contributed by atoms with van der Waals surface area (Å²) in [5.74, 6) is 0.0701. The molecule has 1 heterocycles. The number of nitrogens with zero attached hydrogens (tertiary/aromatic N) is 1. The number of amides is 1. The fourth-order valence-electron chi connectivity index (χ4n) is 2.14. The van der Waals surface area contributed by atoms with Gasteiger partial charge in [0.25, 0.3) is 5.91 Å². The Kier molecular flexibility index (Phi) is 5.17. The molecule has 2 N–H and O–H groups in total. The Bertz CT molecular complexity index is 908. The fraction of sp³-hybridized carbons (Fsp3) is 0.0588. The third-order valence-electron chi connectivity index (χ3n) is 3.27. The van der Waals surface area contributed by atoms with Crippen LogP contribution in [0.3, 0.4) is 0 Å². The lowest BCUT2D eigenvalue weighted by Crippen LogP contribution is -2.24. The Morgan fingerprint density at radius 2 is 2.17 bits per heavy atom. The van der Waals surface area contributed by atoms with Crippen molar-refractivity contribution < 1.29 is 9.53 Å². The molecule has 0 fully saturated rings. The number of rotatable bonds is 5. The van der Waals surface area contributed by atoms with Gasteiger partial charge < -0.3 is 9.72 Å². The molecule has 2 aromatic carbocycles. The summed E-state index contributed by atoms with van der Waals surface area (Å²) in [6.07, 6.45) is 3.42. The molecular weight excluding hydrogens is 394 g/mol. The number of hydrazone groups is 1. The van der Waals surface area contributed by atoms with Gasteiger partial charge in [0.05, 0.1) is 11.2 Å². The molecule has 0 atom stereocenters. The number of carbonyl (C=O) groups excluding carboxylic acids is 1. The third-order valence-corrected chi connectivity index (χ3v) is 4.06. The van der Waals surface area contributed by atoms with Gasteiger partial charge in [-0.3, -0.25) is 4.79 Å².